The molecular weight excluding hydrogens is 548 g/mol. The number of nitrogens with zero attached hydrogens (tertiary/aromatic N) is 3. The number of nitrogens with one attached hydrogen (secondary N) is 2. The second-order valence-corrected chi connectivity index (χ2v) is 12.2. The van der Waals surface area contributed by atoms with Crippen LogP contribution in [0.5, 0.6) is 6.01 Å². The third-order valence-corrected chi connectivity index (χ3v) is 9.63. The van der Waals surface area contributed by atoms with Crippen molar-refractivity contribution in [3.8, 4) is 17.1 Å². The van der Waals surface area contributed by atoms with Crippen LogP contribution in [0.25, 0.3) is 22.0 Å². The van der Waals surface area contributed by atoms with Crippen LogP contribution >= 0.6 is 11.6 Å². The van der Waals surface area contributed by atoms with Gasteiger partial charge in [-0.25, -0.2) is 8.78 Å². The topological polar surface area (TPSA) is 79.4 Å². The Kier molecular flexibility index (Phi) is 6.62. The van der Waals surface area contributed by atoms with E-state index in [1.807, 2.05) is 12.1 Å². The fourth-order valence-corrected chi connectivity index (χ4v) is 7.58. The molecule has 2 N–H and O–H groups in total. The second kappa shape index (κ2) is 10.2. The smallest absolute Gasteiger partial charge is 0.319 e. The van der Waals surface area contributed by atoms with E-state index in [0.29, 0.717) is 35.2 Å². The molecular formula is C31H32ClF2N5O2. The largest absolute Gasteiger partial charge is 0.461 e. The molecule has 2 aliphatic carbocycles. The number of anilines is 1. The molecule has 3 heterocycles. The molecule has 2 aromatic carbocycles. The standard InChI is InChI=1S/C31H32ClF2N5O2/c1-17(33)29(40)36-10-9-35-28-22-15-23(32)25(20-6-2-5-18-13-19-14-21(19)24(18)20)26(34)27(22)37-30(38-28)41-16-31-7-3-11-39(31)12-4-8-31/h2,5-6,15,19,21H,1,3-4,7-14,16H2,(H,36,40)(H,35,37,38). The van der Waals surface area contributed by atoms with Crippen molar-refractivity contribution < 1.29 is 18.3 Å². The van der Waals surface area contributed by atoms with Gasteiger partial charge in [0.2, 0.25) is 0 Å². The number of aromatic nitrogens is 2. The van der Waals surface area contributed by atoms with Crippen LogP contribution in [0.1, 0.15) is 49.1 Å². The molecule has 2 aliphatic heterocycles. The molecule has 2 saturated heterocycles. The van der Waals surface area contributed by atoms with E-state index in [0.717, 1.165) is 57.2 Å². The van der Waals surface area contributed by atoms with E-state index in [2.05, 4.69) is 38.1 Å². The molecule has 7 nitrogen and oxygen atoms in total. The number of hydrogen-bond donors (Lipinski definition) is 2. The SMILES string of the molecule is C=C(F)C(=O)NCCNc1nc(OCC23CCCN2CCC3)nc2c(F)c(-c3cccc4c3C3CC3C4)c(Cl)cc12. The lowest BCUT2D eigenvalue weighted by atomic mass is 9.93. The van der Waals surface area contributed by atoms with Crippen LogP contribution in [0.2, 0.25) is 5.02 Å². The number of ether oxygens (including phenoxy) is 1. The fraction of sp³-hybridized carbons (Fsp3) is 0.452. The minimum Gasteiger partial charge on any atom is -0.461 e. The maximum atomic E-state index is 16.5. The average Bonchev–Trinajstić information content (AvgIpc) is 3.25. The van der Waals surface area contributed by atoms with Crippen molar-refractivity contribution in [2.75, 3.05) is 38.1 Å². The van der Waals surface area contributed by atoms with Crippen LogP contribution in [-0.4, -0.2) is 59.1 Å². The van der Waals surface area contributed by atoms with E-state index in [1.165, 1.54) is 11.1 Å². The predicted molar refractivity (Wildman–Crippen MR) is 155 cm³/mol. The van der Waals surface area contributed by atoms with Gasteiger partial charge in [-0.3, -0.25) is 9.69 Å². The molecule has 0 bridgehead atoms. The Hall–Kier alpha value is -3.30. The average molecular weight is 580 g/mol. The summed E-state index contributed by atoms with van der Waals surface area (Å²) in [7, 11) is 0. The molecule has 1 amide bonds. The van der Waals surface area contributed by atoms with E-state index >= 15 is 4.39 Å². The number of hydrogen-bond acceptors (Lipinski definition) is 6. The molecule has 3 aromatic rings. The van der Waals surface area contributed by atoms with E-state index in [4.69, 9.17) is 16.3 Å². The maximum absolute atomic E-state index is 16.5. The van der Waals surface area contributed by atoms with Gasteiger partial charge in [0.15, 0.2) is 11.6 Å². The highest BCUT2D eigenvalue weighted by atomic mass is 35.5. The van der Waals surface area contributed by atoms with Crippen molar-refractivity contribution in [2.45, 2.75) is 50.0 Å². The first-order valence-electron chi connectivity index (χ1n) is 14.4. The first kappa shape index (κ1) is 26.6. The molecule has 10 heteroatoms. The Morgan fingerprint density at radius 3 is 2.80 bits per heavy atom. The molecule has 2 atom stereocenters. The van der Waals surface area contributed by atoms with Crippen LogP contribution < -0.4 is 15.4 Å². The Morgan fingerprint density at radius 1 is 1.22 bits per heavy atom. The lowest BCUT2D eigenvalue weighted by molar-refractivity contribution is -0.118. The van der Waals surface area contributed by atoms with Gasteiger partial charge >= 0.3 is 6.01 Å². The molecule has 0 spiro atoms. The van der Waals surface area contributed by atoms with Crippen molar-refractivity contribution >= 4 is 34.2 Å². The van der Waals surface area contributed by atoms with Gasteiger partial charge in [-0.2, -0.15) is 9.97 Å². The van der Waals surface area contributed by atoms with Gasteiger partial charge < -0.3 is 15.4 Å². The summed E-state index contributed by atoms with van der Waals surface area (Å²) in [6.45, 7) is 5.87. The van der Waals surface area contributed by atoms with Crippen molar-refractivity contribution in [3.63, 3.8) is 0 Å². The molecule has 214 valence electrons. The monoisotopic (exact) mass is 579 g/mol. The molecule has 3 fully saturated rings. The summed E-state index contributed by atoms with van der Waals surface area (Å²) in [5.41, 5.74) is 3.74. The number of rotatable bonds is 9. The number of carbonyl (C=O) groups excluding carboxylic acids is 1. The summed E-state index contributed by atoms with van der Waals surface area (Å²) in [6.07, 6.45) is 6.54. The van der Waals surface area contributed by atoms with Crippen molar-refractivity contribution in [1.29, 1.82) is 0 Å². The zero-order valence-electron chi connectivity index (χ0n) is 22.7. The van der Waals surface area contributed by atoms with Crippen LogP contribution in [0.3, 0.4) is 0 Å². The van der Waals surface area contributed by atoms with Crippen molar-refractivity contribution in [3.05, 3.63) is 58.6 Å². The normalized spacial score (nSPS) is 21.8. The van der Waals surface area contributed by atoms with E-state index in [-0.39, 0.29) is 35.2 Å². The summed E-state index contributed by atoms with van der Waals surface area (Å²) < 4.78 is 35.8. The van der Waals surface area contributed by atoms with Crippen molar-refractivity contribution in [1.82, 2.24) is 20.2 Å². The van der Waals surface area contributed by atoms with Gasteiger partial charge in [-0.05, 0) is 86.2 Å². The highest BCUT2D eigenvalue weighted by Crippen LogP contribution is 2.59. The number of fused-ring (bicyclic) bond motifs is 5. The first-order valence-corrected chi connectivity index (χ1v) is 14.8. The van der Waals surface area contributed by atoms with E-state index in [9.17, 15) is 9.18 Å². The van der Waals surface area contributed by atoms with Crippen LogP contribution in [0, 0.1) is 11.7 Å². The molecule has 41 heavy (non-hydrogen) atoms. The van der Waals surface area contributed by atoms with Crippen molar-refractivity contribution in [2.24, 2.45) is 5.92 Å². The lowest BCUT2D eigenvalue weighted by Gasteiger charge is -2.31. The molecule has 1 aromatic heterocycles. The van der Waals surface area contributed by atoms with Gasteiger partial charge in [-0.1, -0.05) is 36.4 Å². The lowest BCUT2D eigenvalue weighted by Crippen LogP contribution is -2.43. The van der Waals surface area contributed by atoms with Crippen LogP contribution in [0.4, 0.5) is 14.6 Å². The van der Waals surface area contributed by atoms with Gasteiger partial charge in [0.05, 0.1) is 10.6 Å². The predicted octanol–water partition coefficient (Wildman–Crippen LogP) is 5.77. The first-order chi connectivity index (χ1) is 19.8. The Balaban J connectivity index is 1.26. The minimum atomic E-state index is -1.06. The van der Waals surface area contributed by atoms with Crippen LogP contribution in [-0.2, 0) is 11.2 Å². The maximum Gasteiger partial charge on any atom is 0.319 e. The molecule has 0 radical (unpaired) electrons. The van der Waals surface area contributed by atoms with Gasteiger partial charge in [-0.15, -0.1) is 0 Å². The minimum absolute atomic E-state index is 0.0277. The third kappa shape index (κ3) is 4.63. The summed E-state index contributed by atoms with van der Waals surface area (Å²) in [6, 6.07) is 7.82. The number of carbonyl (C=O) groups is 1. The number of benzene rings is 2. The summed E-state index contributed by atoms with van der Waals surface area (Å²) in [4.78, 5) is 23.2. The molecule has 1 saturated carbocycles. The van der Waals surface area contributed by atoms with E-state index < -0.39 is 17.6 Å². The van der Waals surface area contributed by atoms with Gasteiger partial charge in [0, 0.05) is 24.0 Å². The Bertz CT molecular complexity index is 1570. The van der Waals surface area contributed by atoms with E-state index in [1.54, 1.807) is 6.07 Å². The summed E-state index contributed by atoms with van der Waals surface area (Å²) in [5.74, 6) is -1.02. The molecule has 2 unspecified atom stereocenters. The highest BCUT2D eigenvalue weighted by Gasteiger charge is 2.47. The number of amides is 1. The third-order valence-electron chi connectivity index (χ3n) is 9.33. The van der Waals surface area contributed by atoms with Gasteiger partial charge in [0.1, 0.15) is 17.9 Å². The Morgan fingerprint density at radius 2 is 2.02 bits per heavy atom. The second-order valence-electron chi connectivity index (χ2n) is 11.8. The quantitative estimate of drug-likeness (QED) is 0.248. The van der Waals surface area contributed by atoms with Gasteiger partial charge in [0.25, 0.3) is 5.91 Å². The summed E-state index contributed by atoms with van der Waals surface area (Å²) >= 11 is 6.79. The zero-order chi connectivity index (χ0) is 28.3. The van der Waals surface area contributed by atoms with Crippen LogP contribution in [0.15, 0.2) is 36.7 Å². The molecule has 4 aliphatic rings. The number of halogens is 3. The molecule has 7 rings (SSSR count). The zero-order valence-corrected chi connectivity index (χ0v) is 23.5. The Labute approximate surface area is 242 Å². The highest BCUT2D eigenvalue weighted by molar-refractivity contribution is 6.34. The fourth-order valence-electron chi connectivity index (χ4n) is 7.29. The summed E-state index contributed by atoms with van der Waals surface area (Å²) in [5, 5.41) is 6.25.